The summed E-state index contributed by atoms with van der Waals surface area (Å²) in [6.45, 7) is 0. The van der Waals surface area contributed by atoms with Crippen LogP contribution in [-0.2, 0) is 0 Å². The Morgan fingerprint density at radius 2 is 1.50 bits per heavy atom. The highest BCUT2D eigenvalue weighted by Crippen LogP contribution is 2.31. The maximum Gasteiger partial charge on any atom is 0.123 e. The number of hydrogen-bond donors (Lipinski definition) is 1. The van der Waals surface area contributed by atoms with Crippen LogP contribution in [0.5, 0.6) is 11.5 Å². The highest BCUT2D eigenvalue weighted by Gasteiger charge is 2.01. The van der Waals surface area contributed by atoms with Gasteiger partial charge in [0.05, 0.1) is 0 Å². The van der Waals surface area contributed by atoms with Gasteiger partial charge in [0.1, 0.15) is 5.75 Å². The third-order valence-corrected chi connectivity index (χ3v) is 2.82. The summed E-state index contributed by atoms with van der Waals surface area (Å²) in [6, 6.07) is 14.2. The van der Waals surface area contributed by atoms with Gasteiger partial charge in [-0.3, -0.25) is 0 Å². The van der Waals surface area contributed by atoms with Crippen molar-refractivity contribution < 1.29 is 10.2 Å². The van der Waals surface area contributed by atoms with Gasteiger partial charge < -0.3 is 10.2 Å². The molecular weight excluding hydrogens is 200 g/mol. The third-order valence-electron chi connectivity index (χ3n) is 2.82. The summed E-state index contributed by atoms with van der Waals surface area (Å²) in [4.78, 5) is 0. The van der Waals surface area contributed by atoms with Crippen molar-refractivity contribution in [2.45, 2.75) is 0 Å². The van der Waals surface area contributed by atoms with Crippen molar-refractivity contribution in [1.82, 2.24) is 0 Å². The van der Waals surface area contributed by atoms with Crippen molar-refractivity contribution in [3.8, 4) is 11.5 Å². The van der Waals surface area contributed by atoms with E-state index in [2.05, 4.69) is 0 Å². The quantitative estimate of drug-likeness (QED) is 0.578. The van der Waals surface area contributed by atoms with E-state index in [9.17, 15) is 10.2 Å². The fourth-order valence-electron chi connectivity index (χ4n) is 2.01. The third kappa shape index (κ3) is 1.20. The van der Waals surface area contributed by atoms with E-state index in [1.807, 2.05) is 18.2 Å². The van der Waals surface area contributed by atoms with Crippen molar-refractivity contribution in [2.24, 2.45) is 0 Å². The fourth-order valence-corrected chi connectivity index (χ4v) is 2.01. The smallest absolute Gasteiger partial charge is 0.123 e. The van der Waals surface area contributed by atoms with E-state index < -0.39 is 0 Å². The Morgan fingerprint density at radius 1 is 0.812 bits per heavy atom. The molecule has 0 aromatic heterocycles. The number of phenolic OH excluding ortho intramolecular Hbond substituents is 1. The second-order valence-electron chi connectivity index (χ2n) is 3.83. The predicted molar refractivity (Wildman–Crippen MR) is 62.6 cm³/mol. The molecule has 3 rings (SSSR count). The number of rotatable bonds is 0. The Hall–Kier alpha value is -2.22. The average molecular weight is 209 g/mol. The molecule has 0 amide bonds. The van der Waals surface area contributed by atoms with Gasteiger partial charge in [-0.2, -0.15) is 0 Å². The summed E-state index contributed by atoms with van der Waals surface area (Å²) in [5, 5.41) is 24.6. The lowest BCUT2D eigenvalue weighted by molar-refractivity contribution is -0.265. The molecule has 0 saturated carbocycles. The van der Waals surface area contributed by atoms with Crippen LogP contribution in [0.2, 0.25) is 0 Å². The first kappa shape index (κ1) is 9.04. The highest BCUT2D eigenvalue weighted by atomic mass is 16.3. The van der Waals surface area contributed by atoms with Gasteiger partial charge in [0, 0.05) is 5.39 Å². The molecule has 0 atom stereocenters. The number of hydrogen-bond acceptors (Lipinski definition) is 2. The number of phenols is 1. The molecule has 0 spiro atoms. The molecule has 1 N–H and O–H groups in total. The summed E-state index contributed by atoms with van der Waals surface area (Å²) in [5.41, 5.74) is 0. The second-order valence-corrected chi connectivity index (χ2v) is 3.83. The first-order chi connectivity index (χ1) is 7.75. The lowest BCUT2D eigenvalue weighted by atomic mass is 10.0. The van der Waals surface area contributed by atoms with Crippen LogP contribution < -0.4 is 5.11 Å². The highest BCUT2D eigenvalue weighted by molar-refractivity contribution is 6.02. The monoisotopic (exact) mass is 209 g/mol. The first-order valence-corrected chi connectivity index (χ1v) is 5.07. The van der Waals surface area contributed by atoms with E-state index in [-0.39, 0.29) is 11.5 Å². The van der Waals surface area contributed by atoms with Gasteiger partial charge in [-0.05, 0) is 34.4 Å². The lowest BCUT2D eigenvalue weighted by Crippen LogP contribution is -1.90. The topological polar surface area (TPSA) is 43.3 Å². The summed E-state index contributed by atoms with van der Waals surface area (Å²) in [6.07, 6.45) is 0. The van der Waals surface area contributed by atoms with Crippen LogP contribution in [0.25, 0.3) is 21.5 Å². The van der Waals surface area contributed by atoms with Crippen LogP contribution in [0, 0.1) is 0 Å². The van der Waals surface area contributed by atoms with Gasteiger partial charge in [0.25, 0.3) is 0 Å². The maximum absolute atomic E-state index is 11.7. The maximum atomic E-state index is 11.7. The van der Waals surface area contributed by atoms with Gasteiger partial charge in [-0.1, -0.05) is 30.3 Å². The Kier molecular flexibility index (Phi) is 1.77. The molecule has 0 aliphatic heterocycles. The van der Waals surface area contributed by atoms with Gasteiger partial charge >= 0.3 is 0 Å². The zero-order valence-electron chi connectivity index (χ0n) is 8.47. The minimum Gasteiger partial charge on any atom is -0.872 e. The van der Waals surface area contributed by atoms with Crippen molar-refractivity contribution in [2.75, 3.05) is 0 Å². The normalized spacial score (nSPS) is 11.0. The first-order valence-electron chi connectivity index (χ1n) is 5.07. The van der Waals surface area contributed by atoms with E-state index in [4.69, 9.17) is 0 Å². The Morgan fingerprint density at radius 3 is 2.31 bits per heavy atom. The van der Waals surface area contributed by atoms with Crippen LogP contribution in [0.3, 0.4) is 0 Å². The summed E-state index contributed by atoms with van der Waals surface area (Å²) in [5.74, 6) is 0.199. The summed E-state index contributed by atoms with van der Waals surface area (Å²) in [7, 11) is 0. The standard InChI is InChI=1S/C14H10O2/c15-13-5-1-3-9-7-10-4-2-6-14(16)12(10)8-11(9)13/h1-8,15-16H/p-1. The zero-order chi connectivity index (χ0) is 11.1. The molecule has 0 saturated heterocycles. The molecule has 3 aromatic rings. The predicted octanol–water partition coefficient (Wildman–Crippen LogP) is 2.77. The van der Waals surface area contributed by atoms with Crippen LogP contribution in [0.15, 0.2) is 48.5 Å². The summed E-state index contributed by atoms with van der Waals surface area (Å²) < 4.78 is 0. The van der Waals surface area contributed by atoms with Gasteiger partial charge in [-0.15, -0.1) is 5.75 Å². The molecule has 78 valence electrons. The van der Waals surface area contributed by atoms with Crippen molar-refractivity contribution in [1.29, 1.82) is 0 Å². The SMILES string of the molecule is [O-]c1cccc2cc3cccc(O)c3cc12. The Bertz CT molecular complexity index is 630. The van der Waals surface area contributed by atoms with Gasteiger partial charge in [-0.25, -0.2) is 0 Å². The second kappa shape index (κ2) is 3.14. The van der Waals surface area contributed by atoms with E-state index in [1.165, 1.54) is 6.07 Å². The minimum atomic E-state index is -0.0114. The molecule has 2 nitrogen and oxygen atoms in total. The zero-order valence-corrected chi connectivity index (χ0v) is 8.47. The molecule has 0 fully saturated rings. The molecule has 2 heteroatoms. The Balaban J connectivity index is 2.55. The van der Waals surface area contributed by atoms with Crippen LogP contribution in [-0.4, -0.2) is 5.11 Å². The van der Waals surface area contributed by atoms with E-state index in [1.54, 1.807) is 24.3 Å². The lowest BCUT2D eigenvalue weighted by Gasteiger charge is -2.11. The molecule has 0 radical (unpaired) electrons. The molecule has 16 heavy (non-hydrogen) atoms. The van der Waals surface area contributed by atoms with Gasteiger partial charge in [0.15, 0.2) is 0 Å². The molecular formula is C14H9O2-. The molecule has 0 unspecified atom stereocenters. The fraction of sp³-hybridized carbons (Fsp3) is 0. The molecule has 0 aliphatic carbocycles. The molecule has 0 aliphatic rings. The number of aromatic hydroxyl groups is 1. The Labute approximate surface area is 92.4 Å². The van der Waals surface area contributed by atoms with Crippen molar-refractivity contribution in [3.63, 3.8) is 0 Å². The van der Waals surface area contributed by atoms with Crippen LogP contribution >= 0.6 is 0 Å². The number of benzene rings is 3. The van der Waals surface area contributed by atoms with E-state index >= 15 is 0 Å². The van der Waals surface area contributed by atoms with Gasteiger partial charge in [0.2, 0.25) is 0 Å². The minimum absolute atomic E-state index is 0.0114. The van der Waals surface area contributed by atoms with Crippen molar-refractivity contribution >= 4 is 21.5 Å². The van der Waals surface area contributed by atoms with Crippen LogP contribution in [0.4, 0.5) is 0 Å². The van der Waals surface area contributed by atoms with E-state index in [0.29, 0.717) is 5.39 Å². The summed E-state index contributed by atoms with van der Waals surface area (Å²) >= 11 is 0. The van der Waals surface area contributed by atoms with E-state index in [0.717, 1.165) is 16.2 Å². The largest absolute Gasteiger partial charge is 0.872 e. The van der Waals surface area contributed by atoms with Crippen molar-refractivity contribution in [3.05, 3.63) is 48.5 Å². The number of fused-ring (bicyclic) bond motifs is 2. The molecule has 3 aromatic carbocycles. The molecule has 0 heterocycles. The molecule has 0 bridgehead atoms. The van der Waals surface area contributed by atoms with Crippen LogP contribution in [0.1, 0.15) is 0 Å². The average Bonchev–Trinajstić information content (AvgIpc) is 2.28.